The third kappa shape index (κ3) is 5.96. The van der Waals surface area contributed by atoms with Gasteiger partial charge in [0.1, 0.15) is 9.84 Å². The summed E-state index contributed by atoms with van der Waals surface area (Å²) < 4.78 is 21.8. The zero-order chi connectivity index (χ0) is 9.99. The molecule has 0 bridgehead atoms. The Hall–Kier alpha value is -0.780. The summed E-state index contributed by atoms with van der Waals surface area (Å²) in [5.74, 6) is -0.151. The molecule has 12 heavy (non-hydrogen) atoms. The van der Waals surface area contributed by atoms with Gasteiger partial charge >= 0.3 is 0 Å². The quantitative estimate of drug-likeness (QED) is 0.447. The molecule has 0 spiro atoms. The SMILES string of the molecule is CC(C)(CS(C)(=O)=O)N=C(N)N. The predicted octanol–water partition coefficient (Wildman–Crippen LogP) is -0.917. The number of hydrogen-bond donors (Lipinski definition) is 2. The molecule has 4 N–H and O–H groups in total. The molecule has 0 saturated carbocycles. The molecule has 0 aromatic carbocycles. The molecule has 6 heteroatoms. The van der Waals surface area contributed by atoms with Crippen LogP contribution in [0.3, 0.4) is 0 Å². The van der Waals surface area contributed by atoms with Gasteiger partial charge in [-0.2, -0.15) is 0 Å². The Balaban J connectivity index is 4.56. The second-order valence-electron chi connectivity index (χ2n) is 3.42. The summed E-state index contributed by atoms with van der Waals surface area (Å²) in [6.45, 7) is 3.32. The highest BCUT2D eigenvalue weighted by atomic mass is 32.2. The lowest BCUT2D eigenvalue weighted by Crippen LogP contribution is -2.34. The summed E-state index contributed by atoms with van der Waals surface area (Å²) in [4.78, 5) is 3.79. The minimum absolute atomic E-state index is 0.0576. The maximum Gasteiger partial charge on any atom is 0.186 e. The topological polar surface area (TPSA) is 98.5 Å². The minimum Gasteiger partial charge on any atom is -0.370 e. The Labute approximate surface area is 72.8 Å². The van der Waals surface area contributed by atoms with E-state index >= 15 is 0 Å². The van der Waals surface area contributed by atoms with Crippen molar-refractivity contribution in [2.24, 2.45) is 16.5 Å². The molecule has 0 atom stereocenters. The van der Waals surface area contributed by atoms with Crippen molar-refractivity contribution >= 4 is 15.8 Å². The molecule has 72 valence electrons. The number of hydrogen-bond acceptors (Lipinski definition) is 3. The molecule has 0 saturated heterocycles. The van der Waals surface area contributed by atoms with Gasteiger partial charge in [-0.1, -0.05) is 0 Å². The number of guanidine groups is 1. The van der Waals surface area contributed by atoms with Crippen molar-refractivity contribution in [3.63, 3.8) is 0 Å². The third-order valence-corrected chi connectivity index (χ3v) is 2.28. The van der Waals surface area contributed by atoms with E-state index in [0.29, 0.717) is 0 Å². The predicted molar refractivity (Wildman–Crippen MR) is 49.6 cm³/mol. The second-order valence-corrected chi connectivity index (χ2v) is 5.56. The fourth-order valence-corrected chi connectivity index (χ4v) is 2.37. The van der Waals surface area contributed by atoms with Gasteiger partial charge in [0, 0.05) is 6.26 Å². The zero-order valence-corrected chi connectivity index (χ0v) is 8.35. The van der Waals surface area contributed by atoms with Crippen LogP contribution in [0.15, 0.2) is 4.99 Å². The average Bonchev–Trinajstić information content (AvgIpc) is 1.48. The van der Waals surface area contributed by atoms with Crippen LogP contribution in [0.25, 0.3) is 0 Å². The number of sulfone groups is 1. The van der Waals surface area contributed by atoms with Crippen LogP contribution >= 0.6 is 0 Å². The molecule has 0 aliphatic heterocycles. The Bertz CT molecular complexity index is 275. The van der Waals surface area contributed by atoms with Gasteiger partial charge in [0.25, 0.3) is 0 Å². The van der Waals surface area contributed by atoms with E-state index in [4.69, 9.17) is 11.5 Å². The lowest BCUT2D eigenvalue weighted by molar-refractivity contribution is 0.549. The van der Waals surface area contributed by atoms with E-state index in [9.17, 15) is 8.42 Å². The highest BCUT2D eigenvalue weighted by Crippen LogP contribution is 2.10. The second kappa shape index (κ2) is 3.30. The van der Waals surface area contributed by atoms with Crippen molar-refractivity contribution in [3.05, 3.63) is 0 Å². The van der Waals surface area contributed by atoms with E-state index in [1.165, 1.54) is 0 Å². The Morgan fingerprint density at radius 2 is 1.83 bits per heavy atom. The number of nitrogens with zero attached hydrogens (tertiary/aromatic N) is 1. The van der Waals surface area contributed by atoms with Crippen LogP contribution in [0.5, 0.6) is 0 Å². The summed E-state index contributed by atoms with van der Waals surface area (Å²) in [6, 6.07) is 0. The van der Waals surface area contributed by atoms with Gasteiger partial charge in [-0.05, 0) is 13.8 Å². The zero-order valence-electron chi connectivity index (χ0n) is 7.53. The molecule has 0 rings (SSSR count). The first kappa shape index (κ1) is 11.2. The fraction of sp³-hybridized carbons (Fsp3) is 0.833. The van der Waals surface area contributed by atoms with Crippen molar-refractivity contribution in [2.75, 3.05) is 12.0 Å². The summed E-state index contributed by atoms with van der Waals surface area (Å²) in [6.07, 6.45) is 1.15. The van der Waals surface area contributed by atoms with E-state index in [0.717, 1.165) is 6.26 Å². The lowest BCUT2D eigenvalue weighted by atomic mass is 10.1. The standard InChI is InChI=1S/C6H15N3O2S/c1-6(2,9-5(7)8)4-12(3,10)11/h4H2,1-3H3,(H4,7,8,9). The van der Waals surface area contributed by atoms with Crippen LogP contribution in [0.2, 0.25) is 0 Å². The highest BCUT2D eigenvalue weighted by Gasteiger charge is 2.22. The minimum atomic E-state index is -3.05. The first-order valence-electron chi connectivity index (χ1n) is 3.41. The molecule has 0 aliphatic carbocycles. The molecule has 0 heterocycles. The summed E-state index contributed by atoms with van der Waals surface area (Å²) in [7, 11) is -3.05. The molecule has 0 aliphatic rings. The maximum atomic E-state index is 10.9. The largest absolute Gasteiger partial charge is 0.370 e. The molecule has 5 nitrogen and oxygen atoms in total. The van der Waals surface area contributed by atoms with Crippen LogP contribution in [-0.4, -0.2) is 31.9 Å². The summed E-state index contributed by atoms with van der Waals surface area (Å²) >= 11 is 0. The average molecular weight is 193 g/mol. The monoisotopic (exact) mass is 193 g/mol. The molecule has 0 radical (unpaired) electrons. The lowest BCUT2D eigenvalue weighted by Gasteiger charge is -2.17. The Morgan fingerprint density at radius 3 is 2.08 bits per heavy atom. The van der Waals surface area contributed by atoms with Gasteiger partial charge in [-0.3, -0.25) is 0 Å². The van der Waals surface area contributed by atoms with Crippen LogP contribution in [0.4, 0.5) is 0 Å². The van der Waals surface area contributed by atoms with Crippen molar-refractivity contribution in [2.45, 2.75) is 19.4 Å². The van der Waals surface area contributed by atoms with E-state index in [-0.39, 0.29) is 11.7 Å². The van der Waals surface area contributed by atoms with Crippen molar-refractivity contribution in [1.29, 1.82) is 0 Å². The van der Waals surface area contributed by atoms with Crippen LogP contribution < -0.4 is 11.5 Å². The van der Waals surface area contributed by atoms with Gasteiger partial charge in [-0.25, -0.2) is 13.4 Å². The van der Waals surface area contributed by atoms with E-state index < -0.39 is 15.4 Å². The van der Waals surface area contributed by atoms with Gasteiger partial charge in [0.15, 0.2) is 5.96 Å². The molecule has 0 fully saturated rings. The van der Waals surface area contributed by atoms with E-state index in [1.54, 1.807) is 13.8 Å². The maximum absolute atomic E-state index is 10.9. The van der Waals surface area contributed by atoms with Crippen LogP contribution in [0, 0.1) is 0 Å². The smallest absolute Gasteiger partial charge is 0.186 e. The normalized spacial score (nSPS) is 12.6. The number of aliphatic imine (C=N–C) groups is 1. The Morgan fingerprint density at radius 1 is 1.42 bits per heavy atom. The summed E-state index contributed by atoms with van der Waals surface area (Å²) in [5, 5.41) is 0. The van der Waals surface area contributed by atoms with Gasteiger partial charge in [0.05, 0.1) is 11.3 Å². The third-order valence-electron chi connectivity index (χ3n) is 1.05. The first-order chi connectivity index (χ1) is 5.12. The highest BCUT2D eigenvalue weighted by molar-refractivity contribution is 7.90. The van der Waals surface area contributed by atoms with Crippen molar-refractivity contribution < 1.29 is 8.42 Å². The van der Waals surface area contributed by atoms with Gasteiger partial charge < -0.3 is 11.5 Å². The van der Waals surface area contributed by atoms with Gasteiger partial charge in [-0.15, -0.1) is 0 Å². The molecular weight excluding hydrogens is 178 g/mol. The van der Waals surface area contributed by atoms with Gasteiger partial charge in [0.2, 0.25) is 0 Å². The molecular formula is C6H15N3O2S. The number of nitrogens with two attached hydrogens (primary N) is 2. The van der Waals surface area contributed by atoms with Crippen LogP contribution in [-0.2, 0) is 9.84 Å². The van der Waals surface area contributed by atoms with E-state index in [2.05, 4.69) is 4.99 Å². The first-order valence-corrected chi connectivity index (χ1v) is 5.47. The molecule has 0 unspecified atom stereocenters. The van der Waals surface area contributed by atoms with E-state index in [1.807, 2.05) is 0 Å². The Kier molecular flexibility index (Phi) is 3.09. The van der Waals surface area contributed by atoms with Crippen LogP contribution in [0.1, 0.15) is 13.8 Å². The molecule has 0 amide bonds. The molecule has 0 aromatic rings. The fourth-order valence-electron chi connectivity index (χ4n) is 1.02. The number of rotatable bonds is 3. The molecule has 0 aromatic heterocycles. The summed E-state index contributed by atoms with van der Waals surface area (Å²) in [5.41, 5.74) is 9.52. The van der Waals surface area contributed by atoms with Crippen molar-refractivity contribution in [1.82, 2.24) is 0 Å². The van der Waals surface area contributed by atoms with Crippen molar-refractivity contribution in [3.8, 4) is 0 Å².